The van der Waals surface area contributed by atoms with E-state index in [0.29, 0.717) is 24.0 Å². The fourth-order valence-corrected chi connectivity index (χ4v) is 3.53. The Morgan fingerprint density at radius 2 is 1.89 bits per heavy atom. The van der Waals surface area contributed by atoms with Crippen molar-refractivity contribution in [3.63, 3.8) is 0 Å². The molecule has 0 aliphatic carbocycles. The molecule has 3 heterocycles. The van der Waals surface area contributed by atoms with Gasteiger partial charge in [-0.05, 0) is 43.7 Å². The van der Waals surface area contributed by atoms with Crippen molar-refractivity contribution in [2.75, 3.05) is 4.90 Å². The average Bonchev–Trinajstić information content (AvgIpc) is 2.62. The SMILES string of the molecule is CC(C)c1ccc(N2C3CCC2CC(N)C3)cn1. The van der Waals surface area contributed by atoms with Gasteiger partial charge in [-0.15, -0.1) is 0 Å². The van der Waals surface area contributed by atoms with Crippen LogP contribution >= 0.6 is 0 Å². The summed E-state index contributed by atoms with van der Waals surface area (Å²) in [4.78, 5) is 7.17. The zero-order valence-electron chi connectivity index (χ0n) is 11.3. The topological polar surface area (TPSA) is 42.1 Å². The molecule has 1 aromatic rings. The van der Waals surface area contributed by atoms with Crippen molar-refractivity contribution in [1.29, 1.82) is 0 Å². The Morgan fingerprint density at radius 3 is 2.39 bits per heavy atom. The number of anilines is 1. The van der Waals surface area contributed by atoms with Crippen LogP contribution in [0.2, 0.25) is 0 Å². The van der Waals surface area contributed by atoms with Crippen LogP contribution in [-0.4, -0.2) is 23.1 Å². The maximum atomic E-state index is 6.12. The number of fused-ring (bicyclic) bond motifs is 2. The van der Waals surface area contributed by atoms with Gasteiger partial charge in [-0.3, -0.25) is 4.98 Å². The van der Waals surface area contributed by atoms with E-state index in [-0.39, 0.29) is 0 Å². The summed E-state index contributed by atoms with van der Waals surface area (Å²) in [5, 5.41) is 0. The molecule has 2 saturated heterocycles. The summed E-state index contributed by atoms with van der Waals surface area (Å²) in [7, 11) is 0. The minimum atomic E-state index is 0.404. The predicted molar refractivity (Wildman–Crippen MR) is 74.8 cm³/mol. The minimum Gasteiger partial charge on any atom is -0.364 e. The van der Waals surface area contributed by atoms with Gasteiger partial charge in [0.2, 0.25) is 0 Å². The van der Waals surface area contributed by atoms with E-state index in [4.69, 9.17) is 5.73 Å². The normalized spacial score (nSPS) is 31.1. The van der Waals surface area contributed by atoms with Gasteiger partial charge in [-0.25, -0.2) is 0 Å². The van der Waals surface area contributed by atoms with Crippen LogP contribution in [-0.2, 0) is 0 Å². The molecule has 3 rings (SSSR count). The zero-order chi connectivity index (χ0) is 12.7. The summed E-state index contributed by atoms with van der Waals surface area (Å²) in [5.74, 6) is 0.505. The first-order chi connectivity index (χ1) is 8.65. The molecular weight excluding hydrogens is 222 g/mol. The van der Waals surface area contributed by atoms with Gasteiger partial charge in [-0.1, -0.05) is 13.8 Å². The highest BCUT2D eigenvalue weighted by Gasteiger charge is 2.39. The number of nitrogens with zero attached hydrogens (tertiary/aromatic N) is 2. The van der Waals surface area contributed by atoms with Gasteiger partial charge in [0.05, 0.1) is 11.9 Å². The maximum Gasteiger partial charge on any atom is 0.0557 e. The molecule has 2 N–H and O–H groups in total. The highest BCUT2D eigenvalue weighted by molar-refractivity contribution is 5.49. The lowest BCUT2D eigenvalue weighted by atomic mass is 9.97. The van der Waals surface area contributed by atoms with Crippen LogP contribution in [0.4, 0.5) is 5.69 Å². The van der Waals surface area contributed by atoms with E-state index < -0.39 is 0 Å². The lowest BCUT2D eigenvalue weighted by Crippen LogP contribution is -2.47. The molecule has 98 valence electrons. The molecule has 1 aromatic heterocycles. The average molecular weight is 245 g/mol. The Balaban J connectivity index is 1.83. The lowest BCUT2D eigenvalue weighted by Gasteiger charge is -2.39. The molecule has 2 aliphatic rings. The summed E-state index contributed by atoms with van der Waals surface area (Å²) in [6.07, 6.45) is 6.93. The fraction of sp³-hybridized carbons (Fsp3) is 0.667. The molecular formula is C15H23N3. The summed E-state index contributed by atoms with van der Waals surface area (Å²) in [6.45, 7) is 4.37. The Morgan fingerprint density at radius 1 is 1.22 bits per heavy atom. The highest BCUT2D eigenvalue weighted by Crippen LogP contribution is 2.38. The Labute approximate surface area is 109 Å². The highest BCUT2D eigenvalue weighted by atomic mass is 15.2. The maximum absolute atomic E-state index is 6.12. The Hall–Kier alpha value is -1.09. The third-order valence-corrected chi connectivity index (χ3v) is 4.43. The molecule has 3 nitrogen and oxygen atoms in total. The number of pyridine rings is 1. The number of hydrogen-bond acceptors (Lipinski definition) is 3. The van der Waals surface area contributed by atoms with E-state index in [2.05, 4.69) is 42.1 Å². The second-order valence-corrected chi connectivity index (χ2v) is 6.12. The smallest absolute Gasteiger partial charge is 0.0557 e. The van der Waals surface area contributed by atoms with Gasteiger partial charge >= 0.3 is 0 Å². The Kier molecular flexibility index (Phi) is 3.02. The van der Waals surface area contributed by atoms with Gasteiger partial charge < -0.3 is 10.6 Å². The van der Waals surface area contributed by atoms with Gasteiger partial charge in [0, 0.05) is 23.8 Å². The minimum absolute atomic E-state index is 0.404. The van der Waals surface area contributed by atoms with Crippen LogP contribution in [0.1, 0.15) is 51.1 Å². The lowest BCUT2D eigenvalue weighted by molar-refractivity contribution is 0.414. The van der Waals surface area contributed by atoms with E-state index in [0.717, 1.165) is 12.8 Å². The van der Waals surface area contributed by atoms with Crippen molar-refractivity contribution in [3.05, 3.63) is 24.0 Å². The first-order valence-electron chi connectivity index (χ1n) is 7.15. The molecule has 2 aliphatic heterocycles. The third-order valence-electron chi connectivity index (χ3n) is 4.43. The molecule has 0 amide bonds. The van der Waals surface area contributed by atoms with E-state index in [9.17, 15) is 0 Å². The second-order valence-electron chi connectivity index (χ2n) is 6.12. The number of rotatable bonds is 2. The van der Waals surface area contributed by atoms with Gasteiger partial charge in [-0.2, -0.15) is 0 Å². The van der Waals surface area contributed by atoms with E-state index >= 15 is 0 Å². The summed E-state index contributed by atoms with van der Waals surface area (Å²) in [6, 6.07) is 6.11. The van der Waals surface area contributed by atoms with Crippen molar-refractivity contribution >= 4 is 5.69 Å². The predicted octanol–water partition coefficient (Wildman–Crippen LogP) is 2.66. The molecule has 0 radical (unpaired) electrons. The summed E-state index contributed by atoms with van der Waals surface area (Å²) < 4.78 is 0. The molecule has 2 atom stereocenters. The monoisotopic (exact) mass is 245 g/mol. The number of nitrogens with two attached hydrogens (primary N) is 1. The van der Waals surface area contributed by atoms with Crippen LogP contribution in [0.15, 0.2) is 18.3 Å². The molecule has 18 heavy (non-hydrogen) atoms. The van der Waals surface area contributed by atoms with Crippen molar-refractivity contribution in [2.45, 2.75) is 63.6 Å². The molecule has 2 fully saturated rings. The molecule has 0 spiro atoms. The standard InChI is InChI=1S/C15H23N3/c1-10(2)15-6-5-14(9-17-15)18-12-3-4-13(18)8-11(16)7-12/h5-6,9-13H,3-4,7-8,16H2,1-2H3. The number of hydrogen-bond donors (Lipinski definition) is 1. The third kappa shape index (κ3) is 2.01. The van der Waals surface area contributed by atoms with Crippen molar-refractivity contribution in [3.8, 4) is 0 Å². The summed E-state index contributed by atoms with van der Waals surface area (Å²) >= 11 is 0. The van der Waals surface area contributed by atoms with Crippen LogP contribution < -0.4 is 10.6 Å². The molecule has 2 unspecified atom stereocenters. The van der Waals surface area contributed by atoms with Crippen molar-refractivity contribution in [1.82, 2.24) is 4.98 Å². The molecule has 0 saturated carbocycles. The zero-order valence-corrected chi connectivity index (χ0v) is 11.3. The van der Waals surface area contributed by atoms with Crippen molar-refractivity contribution in [2.24, 2.45) is 5.73 Å². The van der Waals surface area contributed by atoms with E-state index in [1.165, 1.54) is 24.2 Å². The van der Waals surface area contributed by atoms with E-state index in [1.54, 1.807) is 0 Å². The number of aromatic nitrogens is 1. The fourth-order valence-electron chi connectivity index (χ4n) is 3.53. The number of piperidine rings is 1. The van der Waals surface area contributed by atoms with Crippen molar-refractivity contribution < 1.29 is 0 Å². The van der Waals surface area contributed by atoms with Gasteiger partial charge in [0.1, 0.15) is 0 Å². The molecule has 0 aromatic carbocycles. The van der Waals surface area contributed by atoms with Crippen LogP contribution in [0.25, 0.3) is 0 Å². The first-order valence-corrected chi connectivity index (χ1v) is 7.15. The van der Waals surface area contributed by atoms with Gasteiger partial charge in [0.15, 0.2) is 0 Å². The molecule has 3 heteroatoms. The molecule has 2 bridgehead atoms. The Bertz CT molecular complexity index is 398. The second kappa shape index (κ2) is 4.54. The van der Waals surface area contributed by atoms with Crippen LogP contribution in [0.3, 0.4) is 0 Å². The van der Waals surface area contributed by atoms with Gasteiger partial charge in [0.25, 0.3) is 0 Å². The first kappa shape index (κ1) is 12.0. The van der Waals surface area contributed by atoms with Crippen LogP contribution in [0, 0.1) is 0 Å². The largest absolute Gasteiger partial charge is 0.364 e. The van der Waals surface area contributed by atoms with E-state index in [1.807, 2.05) is 0 Å². The van der Waals surface area contributed by atoms with Crippen LogP contribution in [0.5, 0.6) is 0 Å². The quantitative estimate of drug-likeness (QED) is 0.871. The summed E-state index contributed by atoms with van der Waals surface area (Å²) in [5.41, 5.74) is 8.59.